The van der Waals surface area contributed by atoms with E-state index in [-0.39, 0.29) is 17.7 Å². The van der Waals surface area contributed by atoms with Crippen LogP contribution in [0.25, 0.3) is 0 Å². The van der Waals surface area contributed by atoms with Crippen LogP contribution in [0.5, 0.6) is 5.88 Å². The van der Waals surface area contributed by atoms with Crippen LogP contribution in [0.15, 0.2) is 65.4 Å². The minimum atomic E-state index is -0.332. The van der Waals surface area contributed by atoms with Crippen LogP contribution in [-0.2, 0) is 13.1 Å². The molecule has 8 nitrogen and oxygen atoms in total. The predicted molar refractivity (Wildman–Crippen MR) is 103 cm³/mol. The van der Waals surface area contributed by atoms with E-state index in [2.05, 4.69) is 20.9 Å². The average Bonchev–Trinajstić information content (AvgIpc) is 3.26. The van der Waals surface area contributed by atoms with E-state index in [0.29, 0.717) is 24.7 Å². The third-order valence-electron chi connectivity index (χ3n) is 3.84. The molecule has 0 spiro atoms. The number of carbonyl (C=O) groups excluding carboxylic acids is 2. The Kier molecular flexibility index (Phi) is 6.25. The summed E-state index contributed by atoms with van der Waals surface area (Å²) in [6.45, 7) is 0.666. The van der Waals surface area contributed by atoms with Crippen molar-refractivity contribution in [1.82, 2.24) is 15.6 Å². The lowest BCUT2D eigenvalue weighted by Crippen LogP contribution is -2.34. The lowest BCUT2D eigenvalue weighted by molar-refractivity contribution is 0.0996. The second-order valence-corrected chi connectivity index (χ2v) is 5.88. The van der Waals surface area contributed by atoms with Crippen LogP contribution >= 0.6 is 0 Å². The Bertz CT molecular complexity index is 924. The van der Waals surface area contributed by atoms with Crippen molar-refractivity contribution in [3.63, 3.8) is 0 Å². The van der Waals surface area contributed by atoms with Crippen molar-refractivity contribution in [2.24, 2.45) is 0 Å². The third kappa shape index (κ3) is 5.34. The lowest BCUT2D eigenvalue weighted by atomic mass is 10.2. The molecule has 2 aromatic heterocycles. The summed E-state index contributed by atoms with van der Waals surface area (Å²) in [6, 6.07) is 13.7. The summed E-state index contributed by atoms with van der Waals surface area (Å²) >= 11 is 0. The van der Waals surface area contributed by atoms with E-state index < -0.39 is 0 Å². The van der Waals surface area contributed by atoms with Crippen molar-refractivity contribution in [2.75, 3.05) is 12.4 Å². The van der Waals surface area contributed by atoms with E-state index in [1.54, 1.807) is 49.7 Å². The Morgan fingerprint density at radius 3 is 2.54 bits per heavy atom. The topological polar surface area (TPSA) is 105 Å². The van der Waals surface area contributed by atoms with E-state index in [4.69, 9.17) is 9.15 Å². The van der Waals surface area contributed by atoms with Crippen LogP contribution in [-0.4, -0.2) is 24.0 Å². The summed E-state index contributed by atoms with van der Waals surface area (Å²) < 4.78 is 10.1. The number of amides is 3. The number of rotatable bonds is 7. The second-order valence-electron chi connectivity index (χ2n) is 5.88. The summed E-state index contributed by atoms with van der Waals surface area (Å²) in [6.07, 6.45) is 3.08. The number of pyridine rings is 1. The summed E-state index contributed by atoms with van der Waals surface area (Å²) in [4.78, 5) is 28.1. The zero-order valence-electron chi connectivity index (χ0n) is 15.3. The molecule has 3 N–H and O–H groups in total. The van der Waals surface area contributed by atoms with Crippen LogP contribution in [0, 0.1) is 0 Å². The van der Waals surface area contributed by atoms with Crippen molar-refractivity contribution in [1.29, 1.82) is 0 Å². The number of nitrogens with zero attached hydrogens (tertiary/aromatic N) is 1. The Morgan fingerprint density at radius 2 is 1.86 bits per heavy atom. The first kappa shape index (κ1) is 19.0. The van der Waals surface area contributed by atoms with Crippen LogP contribution in [0.3, 0.4) is 0 Å². The number of anilines is 1. The molecule has 0 aliphatic rings. The quantitative estimate of drug-likeness (QED) is 0.584. The number of furan rings is 1. The van der Waals surface area contributed by atoms with Crippen LogP contribution in [0.4, 0.5) is 10.5 Å². The fourth-order valence-corrected chi connectivity index (χ4v) is 2.42. The third-order valence-corrected chi connectivity index (χ3v) is 3.84. The number of hydrogen-bond donors (Lipinski definition) is 3. The zero-order valence-corrected chi connectivity index (χ0v) is 15.3. The minimum Gasteiger partial charge on any atom is -0.481 e. The van der Waals surface area contributed by atoms with Gasteiger partial charge in [-0.05, 0) is 35.4 Å². The molecule has 3 amide bonds. The number of benzene rings is 1. The highest BCUT2D eigenvalue weighted by Crippen LogP contribution is 2.13. The molecule has 3 rings (SSSR count). The standard InChI is InChI=1S/C20H20N4O4/c1-27-18-8-7-15(12-21-18)13-23-20(26)22-11-14-4-2-5-16(10-14)24-19(25)17-6-3-9-28-17/h2-10,12H,11,13H2,1H3,(H,24,25)(H2,22,23,26). The van der Waals surface area contributed by atoms with Crippen molar-refractivity contribution in [2.45, 2.75) is 13.1 Å². The van der Waals surface area contributed by atoms with Gasteiger partial charge in [-0.25, -0.2) is 9.78 Å². The van der Waals surface area contributed by atoms with E-state index >= 15 is 0 Å². The van der Waals surface area contributed by atoms with E-state index in [1.807, 2.05) is 12.1 Å². The summed E-state index contributed by atoms with van der Waals surface area (Å²) in [5.74, 6) is 0.420. The van der Waals surface area contributed by atoms with Gasteiger partial charge in [0, 0.05) is 31.0 Å². The van der Waals surface area contributed by atoms with Gasteiger partial charge in [0.25, 0.3) is 5.91 Å². The minimum absolute atomic E-state index is 0.232. The molecular weight excluding hydrogens is 360 g/mol. The lowest BCUT2D eigenvalue weighted by Gasteiger charge is -2.09. The molecule has 0 bridgehead atoms. The molecule has 3 aromatic rings. The van der Waals surface area contributed by atoms with Gasteiger partial charge < -0.3 is 25.1 Å². The first-order valence-electron chi connectivity index (χ1n) is 8.58. The van der Waals surface area contributed by atoms with Crippen molar-refractivity contribution in [3.05, 3.63) is 77.9 Å². The molecule has 0 saturated heterocycles. The highest BCUT2D eigenvalue weighted by molar-refractivity contribution is 6.02. The number of ether oxygens (including phenoxy) is 1. The maximum Gasteiger partial charge on any atom is 0.315 e. The molecule has 0 atom stereocenters. The maximum absolute atomic E-state index is 12.0. The number of carbonyl (C=O) groups is 2. The molecule has 0 saturated carbocycles. The first-order chi connectivity index (χ1) is 13.6. The Morgan fingerprint density at radius 1 is 1.04 bits per heavy atom. The number of aromatic nitrogens is 1. The second kappa shape index (κ2) is 9.22. The van der Waals surface area contributed by atoms with Crippen molar-refractivity contribution >= 4 is 17.6 Å². The molecule has 0 aliphatic heterocycles. The molecule has 0 radical (unpaired) electrons. The van der Waals surface area contributed by atoms with Gasteiger partial charge in [-0.1, -0.05) is 18.2 Å². The Hall–Kier alpha value is -3.81. The molecule has 1 aromatic carbocycles. The normalized spacial score (nSPS) is 10.2. The number of methoxy groups -OCH3 is 1. The van der Waals surface area contributed by atoms with Gasteiger partial charge in [0.2, 0.25) is 5.88 Å². The molecule has 144 valence electrons. The monoisotopic (exact) mass is 380 g/mol. The molecule has 2 heterocycles. The highest BCUT2D eigenvalue weighted by Gasteiger charge is 2.09. The van der Waals surface area contributed by atoms with Crippen molar-refractivity contribution < 1.29 is 18.7 Å². The van der Waals surface area contributed by atoms with Gasteiger partial charge in [-0.3, -0.25) is 4.79 Å². The van der Waals surface area contributed by atoms with Gasteiger partial charge in [-0.2, -0.15) is 0 Å². The van der Waals surface area contributed by atoms with Gasteiger partial charge in [0.15, 0.2) is 5.76 Å². The fraction of sp³-hybridized carbons (Fsp3) is 0.150. The first-order valence-corrected chi connectivity index (χ1v) is 8.58. The number of urea groups is 1. The molecule has 0 unspecified atom stereocenters. The number of hydrogen-bond acceptors (Lipinski definition) is 5. The largest absolute Gasteiger partial charge is 0.481 e. The van der Waals surface area contributed by atoms with E-state index in [9.17, 15) is 9.59 Å². The smallest absolute Gasteiger partial charge is 0.315 e. The summed E-state index contributed by atoms with van der Waals surface area (Å²) in [7, 11) is 1.55. The summed E-state index contributed by atoms with van der Waals surface area (Å²) in [5.41, 5.74) is 2.32. The van der Waals surface area contributed by atoms with Gasteiger partial charge in [-0.15, -0.1) is 0 Å². The maximum atomic E-state index is 12.0. The van der Waals surface area contributed by atoms with Crippen LogP contribution < -0.4 is 20.7 Å². The Labute approximate surface area is 161 Å². The molecule has 8 heteroatoms. The zero-order chi connectivity index (χ0) is 19.8. The molecule has 0 aliphatic carbocycles. The van der Waals surface area contributed by atoms with Gasteiger partial charge in [0.1, 0.15) is 0 Å². The summed E-state index contributed by atoms with van der Waals surface area (Å²) in [5, 5.41) is 8.28. The van der Waals surface area contributed by atoms with Crippen LogP contribution in [0.1, 0.15) is 21.7 Å². The van der Waals surface area contributed by atoms with E-state index in [1.165, 1.54) is 6.26 Å². The van der Waals surface area contributed by atoms with Crippen LogP contribution in [0.2, 0.25) is 0 Å². The number of nitrogens with one attached hydrogen (secondary N) is 3. The van der Waals surface area contributed by atoms with E-state index in [0.717, 1.165) is 11.1 Å². The molecular formula is C20H20N4O4. The van der Waals surface area contributed by atoms with Gasteiger partial charge >= 0.3 is 6.03 Å². The Balaban J connectivity index is 1.47. The SMILES string of the molecule is COc1ccc(CNC(=O)NCc2cccc(NC(=O)c3ccco3)c2)cn1. The highest BCUT2D eigenvalue weighted by atomic mass is 16.5. The average molecular weight is 380 g/mol. The predicted octanol–water partition coefficient (Wildman–Crippen LogP) is 2.93. The van der Waals surface area contributed by atoms with Gasteiger partial charge in [0.05, 0.1) is 13.4 Å². The molecule has 0 fully saturated rings. The van der Waals surface area contributed by atoms with Crippen molar-refractivity contribution in [3.8, 4) is 5.88 Å². The molecule has 28 heavy (non-hydrogen) atoms. The fourth-order valence-electron chi connectivity index (χ4n) is 2.42.